The minimum atomic E-state index is -0.365. The fourth-order valence-corrected chi connectivity index (χ4v) is 3.41. The first kappa shape index (κ1) is 13.6. The SMILES string of the molecule is CC(C)NC(C#N)(CN1Cc2ccccc2C1)C1CC1. The van der Waals surface area contributed by atoms with Gasteiger partial charge in [-0.25, -0.2) is 0 Å². The third-order valence-electron chi connectivity index (χ3n) is 4.40. The van der Waals surface area contributed by atoms with Gasteiger partial charge in [0, 0.05) is 25.7 Å². The second-order valence-corrected chi connectivity index (χ2v) is 6.57. The lowest BCUT2D eigenvalue weighted by atomic mass is 9.93. The van der Waals surface area contributed by atoms with Gasteiger partial charge >= 0.3 is 0 Å². The summed E-state index contributed by atoms with van der Waals surface area (Å²) in [7, 11) is 0. The Morgan fingerprint density at radius 2 is 1.90 bits per heavy atom. The van der Waals surface area contributed by atoms with Crippen molar-refractivity contribution in [2.24, 2.45) is 5.92 Å². The molecule has 1 unspecified atom stereocenters. The predicted molar refractivity (Wildman–Crippen MR) is 79.9 cm³/mol. The van der Waals surface area contributed by atoms with Crippen LogP contribution in [0.5, 0.6) is 0 Å². The van der Waals surface area contributed by atoms with Crippen LogP contribution in [-0.2, 0) is 13.1 Å². The fraction of sp³-hybridized carbons (Fsp3) is 0.588. The van der Waals surface area contributed by atoms with Crippen LogP contribution in [0.3, 0.4) is 0 Å². The third kappa shape index (κ3) is 2.59. The van der Waals surface area contributed by atoms with E-state index in [0.29, 0.717) is 12.0 Å². The second kappa shape index (κ2) is 5.20. The quantitative estimate of drug-likeness (QED) is 0.893. The van der Waals surface area contributed by atoms with E-state index < -0.39 is 0 Å². The summed E-state index contributed by atoms with van der Waals surface area (Å²) in [5.74, 6) is 0.526. The Balaban J connectivity index is 1.74. The van der Waals surface area contributed by atoms with Crippen LogP contribution in [0.15, 0.2) is 24.3 Å². The maximum Gasteiger partial charge on any atom is 0.122 e. The van der Waals surface area contributed by atoms with E-state index in [1.165, 1.54) is 24.0 Å². The summed E-state index contributed by atoms with van der Waals surface area (Å²) in [6.07, 6.45) is 2.38. The van der Waals surface area contributed by atoms with Crippen LogP contribution in [0.4, 0.5) is 0 Å². The van der Waals surface area contributed by atoms with Crippen LogP contribution in [0.25, 0.3) is 0 Å². The summed E-state index contributed by atoms with van der Waals surface area (Å²) in [6.45, 7) is 7.06. The highest BCUT2D eigenvalue weighted by molar-refractivity contribution is 5.31. The monoisotopic (exact) mass is 269 g/mol. The van der Waals surface area contributed by atoms with Crippen molar-refractivity contribution in [2.75, 3.05) is 6.54 Å². The molecule has 0 amide bonds. The van der Waals surface area contributed by atoms with E-state index in [2.05, 4.69) is 54.4 Å². The highest BCUT2D eigenvalue weighted by atomic mass is 15.2. The molecule has 3 nitrogen and oxygen atoms in total. The molecule has 1 atom stereocenters. The molecular formula is C17H23N3. The first-order chi connectivity index (χ1) is 9.63. The largest absolute Gasteiger partial charge is 0.296 e. The molecule has 20 heavy (non-hydrogen) atoms. The minimum absolute atomic E-state index is 0.347. The number of hydrogen-bond donors (Lipinski definition) is 1. The van der Waals surface area contributed by atoms with Gasteiger partial charge in [0.05, 0.1) is 6.07 Å². The molecule has 106 valence electrons. The lowest BCUT2D eigenvalue weighted by molar-refractivity contribution is 0.189. The van der Waals surface area contributed by atoms with Gasteiger partial charge in [-0.2, -0.15) is 5.26 Å². The van der Waals surface area contributed by atoms with Gasteiger partial charge in [-0.3, -0.25) is 10.2 Å². The zero-order valence-corrected chi connectivity index (χ0v) is 12.4. The smallest absolute Gasteiger partial charge is 0.122 e. The summed E-state index contributed by atoms with van der Waals surface area (Å²) >= 11 is 0. The van der Waals surface area contributed by atoms with Crippen molar-refractivity contribution in [3.8, 4) is 6.07 Å². The molecule has 0 aromatic heterocycles. The van der Waals surface area contributed by atoms with Gasteiger partial charge in [0.15, 0.2) is 0 Å². The van der Waals surface area contributed by atoms with E-state index in [-0.39, 0.29) is 5.54 Å². The minimum Gasteiger partial charge on any atom is -0.296 e. The Morgan fingerprint density at radius 1 is 1.30 bits per heavy atom. The van der Waals surface area contributed by atoms with Crippen molar-refractivity contribution in [3.05, 3.63) is 35.4 Å². The van der Waals surface area contributed by atoms with E-state index >= 15 is 0 Å². The van der Waals surface area contributed by atoms with E-state index in [0.717, 1.165) is 19.6 Å². The molecule has 3 rings (SSSR count). The maximum absolute atomic E-state index is 9.77. The number of hydrogen-bond acceptors (Lipinski definition) is 3. The molecule has 3 heteroatoms. The van der Waals surface area contributed by atoms with Crippen molar-refractivity contribution >= 4 is 0 Å². The third-order valence-corrected chi connectivity index (χ3v) is 4.40. The molecule has 0 bridgehead atoms. The van der Waals surface area contributed by atoms with Crippen LogP contribution in [0, 0.1) is 17.2 Å². The summed E-state index contributed by atoms with van der Waals surface area (Å²) < 4.78 is 0. The van der Waals surface area contributed by atoms with Crippen molar-refractivity contribution < 1.29 is 0 Å². The van der Waals surface area contributed by atoms with Gasteiger partial charge in [0.25, 0.3) is 0 Å². The van der Waals surface area contributed by atoms with Gasteiger partial charge < -0.3 is 0 Å². The molecule has 1 aromatic rings. The first-order valence-corrected chi connectivity index (χ1v) is 7.61. The molecular weight excluding hydrogens is 246 g/mol. The van der Waals surface area contributed by atoms with Gasteiger partial charge in [0.2, 0.25) is 0 Å². The highest BCUT2D eigenvalue weighted by Crippen LogP contribution is 2.41. The lowest BCUT2D eigenvalue weighted by Gasteiger charge is -2.34. The number of rotatable bonds is 5. The molecule has 1 N–H and O–H groups in total. The summed E-state index contributed by atoms with van der Waals surface area (Å²) in [6, 6.07) is 11.6. The molecule has 1 aliphatic carbocycles. The van der Waals surface area contributed by atoms with Gasteiger partial charge in [-0.05, 0) is 43.7 Å². The molecule has 1 aliphatic heterocycles. The molecule has 2 aliphatic rings. The van der Waals surface area contributed by atoms with Gasteiger partial charge in [-0.1, -0.05) is 24.3 Å². The normalized spacial score (nSPS) is 21.5. The Morgan fingerprint density at radius 3 is 2.35 bits per heavy atom. The molecule has 1 heterocycles. The average molecular weight is 269 g/mol. The van der Waals surface area contributed by atoms with Crippen LogP contribution in [0.1, 0.15) is 37.8 Å². The summed E-state index contributed by atoms with van der Waals surface area (Å²) in [5.41, 5.74) is 2.47. The van der Waals surface area contributed by atoms with Crippen LogP contribution in [-0.4, -0.2) is 23.0 Å². The maximum atomic E-state index is 9.77. The summed E-state index contributed by atoms with van der Waals surface area (Å²) in [5, 5.41) is 13.3. The van der Waals surface area contributed by atoms with Gasteiger partial charge in [0.1, 0.15) is 5.54 Å². The van der Waals surface area contributed by atoms with Crippen molar-refractivity contribution in [2.45, 2.75) is 51.4 Å². The predicted octanol–water partition coefficient (Wildman–Crippen LogP) is 2.67. The number of benzene rings is 1. The van der Waals surface area contributed by atoms with Crippen LogP contribution >= 0.6 is 0 Å². The standard InChI is InChI=1S/C17H23N3/c1-13(2)19-17(11-18,16-7-8-16)12-20-9-14-5-3-4-6-15(14)10-20/h3-6,13,16,19H,7-10,12H2,1-2H3. The zero-order chi connectivity index (χ0) is 14.2. The molecule has 0 radical (unpaired) electrons. The second-order valence-electron chi connectivity index (χ2n) is 6.57. The topological polar surface area (TPSA) is 39.1 Å². The molecule has 0 spiro atoms. The summed E-state index contributed by atoms with van der Waals surface area (Å²) in [4.78, 5) is 2.42. The number of nitriles is 1. The van der Waals surface area contributed by atoms with Gasteiger partial charge in [-0.15, -0.1) is 0 Å². The fourth-order valence-electron chi connectivity index (χ4n) is 3.41. The highest BCUT2D eigenvalue weighted by Gasteiger charge is 2.47. The lowest BCUT2D eigenvalue weighted by Crippen LogP contribution is -2.55. The van der Waals surface area contributed by atoms with Crippen LogP contribution < -0.4 is 5.32 Å². The first-order valence-electron chi connectivity index (χ1n) is 7.61. The van der Waals surface area contributed by atoms with Crippen molar-refractivity contribution in [3.63, 3.8) is 0 Å². The van der Waals surface area contributed by atoms with E-state index in [4.69, 9.17) is 0 Å². The average Bonchev–Trinajstić information content (AvgIpc) is 3.18. The van der Waals surface area contributed by atoms with Crippen molar-refractivity contribution in [1.29, 1.82) is 5.26 Å². The molecule has 0 saturated heterocycles. The molecule has 1 aromatic carbocycles. The number of nitrogens with one attached hydrogen (secondary N) is 1. The molecule has 1 fully saturated rings. The Bertz CT molecular complexity index is 502. The Hall–Kier alpha value is -1.37. The number of nitrogens with zero attached hydrogens (tertiary/aromatic N) is 2. The van der Waals surface area contributed by atoms with E-state index in [1.807, 2.05) is 0 Å². The Labute approximate surface area is 121 Å². The zero-order valence-electron chi connectivity index (χ0n) is 12.4. The Kier molecular flexibility index (Phi) is 3.54. The van der Waals surface area contributed by atoms with E-state index in [9.17, 15) is 5.26 Å². The van der Waals surface area contributed by atoms with Crippen molar-refractivity contribution in [1.82, 2.24) is 10.2 Å². The molecule has 1 saturated carbocycles. The number of fused-ring (bicyclic) bond motifs is 1. The van der Waals surface area contributed by atoms with E-state index in [1.54, 1.807) is 0 Å². The van der Waals surface area contributed by atoms with Crippen LogP contribution in [0.2, 0.25) is 0 Å².